The molecule has 0 atom stereocenters. The Hall–Kier alpha value is -2.23. The van der Waals surface area contributed by atoms with Gasteiger partial charge >= 0.3 is 0 Å². The summed E-state index contributed by atoms with van der Waals surface area (Å²) in [5.41, 5.74) is 3.63. The number of dihydropyridines is 1. The van der Waals surface area contributed by atoms with Gasteiger partial charge in [-0.2, -0.15) is 10.5 Å². The quantitative estimate of drug-likeness (QED) is 0.847. The molecule has 0 bridgehead atoms. The normalized spacial score (nSPS) is 15.8. The average Bonchev–Trinajstić information content (AvgIpc) is 2.39. The monoisotopic (exact) mass is 269 g/mol. The van der Waals surface area contributed by atoms with Gasteiger partial charge in [0.1, 0.15) is 0 Å². The van der Waals surface area contributed by atoms with Gasteiger partial charge in [0.2, 0.25) is 0 Å². The maximum atomic E-state index is 9.34. The largest absolute Gasteiger partial charge is 0.361 e. The Morgan fingerprint density at radius 3 is 1.89 bits per heavy atom. The summed E-state index contributed by atoms with van der Waals surface area (Å²) in [4.78, 5) is 0. The second-order valence-electron chi connectivity index (χ2n) is 4.41. The fourth-order valence-corrected chi connectivity index (χ4v) is 2.40. The highest BCUT2D eigenvalue weighted by Crippen LogP contribution is 2.37. The summed E-state index contributed by atoms with van der Waals surface area (Å²) in [5, 5.41) is 22.4. The van der Waals surface area contributed by atoms with Crippen molar-refractivity contribution in [2.24, 2.45) is 0 Å². The van der Waals surface area contributed by atoms with E-state index in [-0.39, 0.29) is 5.92 Å². The molecule has 4 heteroatoms. The van der Waals surface area contributed by atoms with Gasteiger partial charge in [0.05, 0.1) is 29.2 Å². The van der Waals surface area contributed by atoms with Gasteiger partial charge in [-0.1, -0.05) is 23.7 Å². The van der Waals surface area contributed by atoms with Crippen molar-refractivity contribution in [3.05, 3.63) is 57.4 Å². The van der Waals surface area contributed by atoms with Crippen molar-refractivity contribution >= 4 is 11.6 Å². The highest BCUT2D eigenvalue weighted by Gasteiger charge is 2.28. The number of nitrogens with zero attached hydrogens (tertiary/aromatic N) is 2. The SMILES string of the molecule is CC1=C(C#N)C(c2ccc(Cl)cc2)C(C#N)=C(C)N1. The summed E-state index contributed by atoms with van der Waals surface area (Å²) >= 11 is 5.88. The van der Waals surface area contributed by atoms with E-state index in [1.807, 2.05) is 26.0 Å². The molecule has 2 rings (SSSR count). The predicted octanol–water partition coefficient (Wildman–Crippen LogP) is 3.62. The third kappa shape index (κ3) is 2.34. The van der Waals surface area contributed by atoms with Crippen LogP contribution in [0, 0.1) is 22.7 Å². The molecule has 0 aromatic heterocycles. The van der Waals surface area contributed by atoms with Crippen LogP contribution >= 0.6 is 11.6 Å². The number of hydrogen-bond acceptors (Lipinski definition) is 3. The summed E-state index contributed by atoms with van der Waals surface area (Å²) < 4.78 is 0. The van der Waals surface area contributed by atoms with E-state index in [0.717, 1.165) is 17.0 Å². The van der Waals surface area contributed by atoms with Crippen LogP contribution in [0.25, 0.3) is 0 Å². The van der Waals surface area contributed by atoms with Gasteiger partial charge in [0.25, 0.3) is 0 Å². The van der Waals surface area contributed by atoms with Gasteiger partial charge in [-0.3, -0.25) is 0 Å². The molecule has 19 heavy (non-hydrogen) atoms. The standard InChI is InChI=1S/C15H12ClN3/c1-9-13(7-17)15(14(8-18)10(2)19-9)11-3-5-12(16)6-4-11/h3-6,15,19H,1-2H3. The Morgan fingerprint density at radius 1 is 1.00 bits per heavy atom. The lowest BCUT2D eigenvalue weighted by atomic mass is 9.82. The summed E-state index contributed by atoms with van der Waals surface area (Å²) in [7, 11) is 0. The lowest BCUT2D eigenvalue weighted by molar-refractivity contribution is 0.814. The molecule has 0 radical (unpaired) electrons. The molecule has 1 N–H and O–H groups in total. The van der Waals surface area contributed by atoms with Crippen molar-refractivity contribution < 1.29 is 0 Å². The van der Waals surface area contributed by atoms with E-state index >= 15 is 0 Å². The Kier molecular flexibility index (Phi) is 3.60. The number of allylic oxidation sites excluding steroid dienone is 4. The lowest BCUT2D eigenvalue weighted by Gasteiger charge is -2.26. The van der Waals surface area contributed by atoms with Gasteiger partial charge in [0, 0.05) is 16.4 Å². The number of rotatable bonds is 1. The zero-order valence-corrected chi connectivity index (χ0v) is 11.4. The molecule has 3 nitrogen and oxygen atoms in total. The van der Waals surface area contributed by atoms with Crippen LogP contribution in [-0.4, -0.2) is 0 Å². The number of nitrogens with one attached hydrogen (secondary N) is 1. The summed E-state index contributed by atoms with van der Waals surface area (Å²) in [6.45, 7) is 3.69. The highest BCUT2D eigenvalue weighted by atomic mass is 35.5. The average molecular weight is 270 g/mol. The molecule has 1 heterocycles. The number of hydrogen-bond donors (Lipinski definition) is 1. The second-order valence-corrected chi connectivity index (χ2v) is 4.85. The van der Waals surface area contributed by atoms with Crippen LogP contribution in [0.15, 0.2) is 46.8 Å². The first kappa shape index (κ1) is 13.2. The van der Waals surface area contributed by atoms with Crippen LogP contribution in [-0.2, 0) is 0 Å². The topological polar surface area (TPSA) is 59.6 Å². The Morgan fingerprint density at radius 2 is 1.47 bits per heavy atom. The molecular weight excluding hydrogens is 258 g/mol. The maximum absolute atomic E-state index is 9.34. The number of halogens is 1. The summed E-state index contributed by atoms with van der Waals surface area (Å²) in [6, 6.07) is 11.7. The minimum Gasteiger partial charge on any atom is -0.361 e. The summed E-state index contributed by atoms with van der Waals surface area (Å²) in [6.07, 6.45) is 0. The van der Waals surface area contributed by atoms with Gasteiger partial charge in [-0.15, -0.1) is 0 Å². The second kappa shape index (κ2) is 5.18. The van der Waals surface area contributed by atoms with E-state index in [1.54, 1.807) is 12.1 Å². The molecule has 1 aromatic rings. The lowest BCUT2D eigenvalue weighted by Crippen LogP contribution is -2.23. The van der Waals surface area contributed by atoms with Crippen molar-refractivity contribution in [3.63, 3.8) is 0 Å². The molecule has 0 spiro atoms. The molecule has 0 unspecified atom stereocenters. The molecule has 0 saturated heterocycles. The van der Waals surface area contributed by atoms with E-state index in [1.165, 1.54) is 0 Å². The Bertz CT molecular complexity index is 618. The molecule has 0 fully saturated rings. The van der Waals surface area contributed by atoms with E-state index in [2.05, 4.69) is 17.5 Å². The van der Waals surface area contributed by atoms with Crippen LogP contribution < -0.4 is 5.32 Å². The van der Waals surface area contributed by atoms with Gasteiger partial charge < -0.3 is 5.32 Å². The molecule has 0 saturated carbocycles. The van der Waals surface area contributed by atoms with Crippen molar-refractivity contribution in [1.29, 1.82) is 10.5 Å². The third-order valence-corrected chi connectivity index (χ3v) is 3.46. The first-order valence-corrected chi connectivity index (χ1v) is 6.20. The third-order valence-electron chi connectivity index (χ3n) is 3.20. The molecular formula is C15H12ClN3. The van der Waals surface area contributed by atoms with Crippen molar-refractivity contribution in [3.8, 4) is 12.1 Å². The van der Waals surface area contributed by atoms with Crippen LogP contribution in [0.4, 0.5) is 0 Å². The van der Waals surface area contributed by atoms with E-state index < -0.39 is 0 Å². The zero-order valence-electron chi connectivity index (χ0n) is 10.7. The van der Waals surface area contributed by atoms with Crippen LogP contribution in [0.3, 0.4) is 0 Å². The molecule has 0 aliphatic carbocycles. The van der Waals surface area contributed by atoms with Gasteiger partial charge in [0.15, 0.2) is 0 Å². The predicted molar refractivity (Wildman–Crippen MR) is 74.0 cm³/mol. The van der Waals surface area contributed by atoms with Crippen LogP contribution in [0.5, 0.6) is 0 Å². The molecule has 1 aliphatic heterocycles. The van der Waals surface area contributed by atoms with Crippen molar-refractivity contribution in [2.75, 3.05) is 0 Å². The fraction of sp³-hybridized carbons (Fsp3) is 0.200. The van der Waals surface area contributed by atoms with Gasteiger partial charge in [-0.05, 0) is 31.5 Å². The molecule has 1 aliphatic rings. The van der Waals surface area contributed by atoms with Crippen LogP contribution in [0.1, 0.15) is 25.3 Å². The maximum Gasteiger partial charge on any atom is 0.0975 e. The highest BCUT2D eigenvalue weighted by molar-refractivity contribution is 6.30. The molecule has 1 aromatic carbocycles. The van der Waals surface area contributed by atoms with E-state index in [4.69, 9.17) is 11.6 Å². The Labute approximate surface area is 117 Å². The minimum absolute atomic E-state index is 0.312. The number of nitriles is 2. The van der Waals surface area contributed by atoms with Gasteiger partial charge in [-0.25, -0.2) is 0 Å². The minimum atomic E-state index is -0.312. The fourth-order valence-electron chi connectivity index (χ4n) is 2.28. The Balaban J connectivity index is 2.61. The molecule has 0 amide bonds. The smallest absolute Gasteiger partial charge is 0.0975 e. The first-order valence-electron chi connectivity index (χ1n) is 5.82. The first-order chi connectivity index (χ1) is 9.08. The molecule has 94 valence electrons. The van der Waals surface area contributed by atoms with Crippen LogP contribution in [0.2, 0.25) is 5.02 Å². The van der Waals surface area contributed by atoms with Crippen molar-refractivity contribution in [1.82, 2.24) is 5.32 Å². The van der Waals surface area contributed by atoms with E-state index in [0.29, 0.717) is 16.2 Å². The van der Waals surface area contributed by atoms with E-state index in [9.17, 15) is 10.5 Å². The summed E-state index contributed by atoms with van der Waals surface area (Å²) in [5.74, 6) is -0.312. The zero-order chi connectivity index (χ0) is 14.0. The number of benzene rings is 1. The van der Waals surface area contributed by atoms with Crippen molar-refractivity contribution in [2.45, 2.75) is 19.8 Å².